The predicted molar refractivity (Wildman–Crippen MR) is 48.1 cm³/mol. The van der Waals surface area contributed by atoms with Crippen LogP contribution in [-0.2, 0) is 0 Å². The Labute approximate surface area is 76.4 Å². The Hall–Kier alpha value is -0.935. The molecule has 0 unspecified atom stereocenters. The van der Waals surface area contributed by atoms with Crippen molar-refractivity contribution in [3.05, 3.63) is 23.8 Å². The topological polar surface area (TPSA) is 53.4 Å². The van der Waals surface area contributed by atoms with Crippen LogP contribution in [0.2, 0.25) is 0 Å². The zero-order valence-corrected chi connectivity index (χ0v) is 7.53. The van der Waals surface area contributed by atoms with Crippen molar-refractivity contribution in [3.63, 3.8) is 0 Å². The first-order valence-electron chi connectivity index (χ1n) is 4.04. The summed E-state index contributed by atoms with van der Waals surface area (Å²) in [6.07, 6.45) is 1.12. The van der Waals surface area contributed by atoms with Gasteiger partial charge in [-0.25, -0.2) is 4.98 Å². The third-order valence-corrected chi connectivity index (χ3v) is 1.81. The number of rotatable bonds is 2. The maximum Gasteiger partial charge on any atom is 0.490 e. The van der Waals surface area contributed by atoms with Crippen molar-refractivity contribution in [1.82, 2.24) is 4.98 Å². The van der Waals surface area contributed by atoms with E-state index in [2.05, 4.69) is 4.98 Å². The van der Waals surface area contributed by atoms with Crippen LogP contribution in [0, 0.1) is 5.95 Å². The van der Waals surface area contributed by atoms with Crippen molar-refractivity contribution >= 4 is 12.6 Å². The van der Waals surface area contributed by atoms with E-state index in [9.17, 15) is 4.39 Å². The highest BCUT2D eigenvalue weighted by Gasteiger charge is 2.15. The molecule has 5 heteroatoms. The molecule has 70 valence electrons. The number of nitrogens with zero attached hydrogens (tertiary/aromatic N) is 1. The van der Waals surface area contributed by atoms with Crippen LogP contribution in [0.4, 0.5) is 4.39 Å². The highest BCUT2D eigenvalue weighted by Crippen LogP contribution is 2.14. The number of aromatic nitrogens is 1. The fourth-order valence-corrected chi connectivity index (χ4v) is 1.03. The van der Waals surface area contributed by atoms with Crippen LogP contribution in [-0.4, -0.2) is 22.2 Å². The van der Waals surface area contributed by atoms with E-state index < -0.39 is 13.1 Å². The summed E-state index contributed by atoms with van der Waals surface area (Å²) in [4.78, 5) is 3.43. The van der Waals surface area contributed by atoms with E-state index in [4.69, 9.17) is 10.0 Å². The smallest absolute Gasteiger partial charge is 0.423 e. The summed E-state index contributed by atoms with van der Waals surface area (Å²) in [6.45, 7) is 3.63. The van der Waals surface area contributed by atoms with E-state index in [0.29, 0.717) is 5.56 Å². The molecule has 0 aliphatic heterocycles. The van der Waals surface area contributed by atoms with Crippen molar-refractivity contribution < 1.29 is 14.4 Å². The fourth-order valence-electron chi connectivity index (χ4n) is 1.03. The molecule has 1 aromatic heterocycles. The van der Waals surface area contributed by atoms with Gasteiger partial charge in [-0.1, -0.05) is 19.9 Å². The molecule has 13 heavy (non-hydrogen) atoms. The van der Waals surface area contributed by atoms with Gasteiger partial charge in [0.15, 0.2) is 0 Å². The summed E-state index contributed by atoms with van der Waals surface area (Å²) in [6, 6.07) is 1.41. The van der Waals surface area contributed by atoms with Gasteiger partial charge in [-0.15, -0.1) is 0 Å². The Bertz CT molecular complexity index is 304. The summed E-state index contributed by atoms with van der Waals surface area (Å²) in [5.74, 6) is -0.578. The molecule has 0 bridgehead atoms. The van der Waals surface area contributed by atoms with E-state index in [1.165, 1.54) is 6.07 Å². The molecule has 0 atom stereocenters. The molecule has 0 saturated carbocycles. The lowest BCUT2D eigenvalue weighted by Crippen LogP contribution is -2.31. The lowest BCUT2D eigenvalue weighted by Gasteiger charge is -2.07. The van der Waals surface area contributed by atoms with Crippen LogP contribution in [0.3, 0.4) is 0 Å². The highest BCUT2D eigenvalue weighted by atomic mass is 19.1. The molecule has 1 rings (SSSR count). The Kier molecular flexibility index (Phi) is 3.00. The van der Waals surface area contributed by atoms with Crippen LogP contribution in [0.25, 0.3) is 0 Å². The molecule has 2 N–H and O–H groups in total. The van der Waals surface area contributed by atoms with E-state index in [1.807, 2.05) is 13.8 Å². The third-order valence-electron chi connectivity index (χ3n) is 1.81. The van der Waals surface area contributed by atoms with Gasteiger partial charge in [0.2, 0.25) is 5.95 Å². The van der Waals surface area contributed by atoms with Crippen molar-refractivity contribution in [2.45, 2.75) is 19.8 Å². The normalized spacial score (nSPS) is 10.6. The van der Waals surface area contributed by atoms with Crippen LogP contribution >= 0.6 is 0 Å². The minimum Gasteiger partial charge on any atom is -0.423 e. The summed E-state index contributed by atoms with van der Waals surface area (Å²) in [5, 5.41) is 17.6. The predicted octanol–water partition coefficient (Wildman–Crippen LogP) is 0.0239. The second kappa shape index (κ2) is 3.85. The second-order valence-corrected chi connectivity index (χ2v) is 3.18. The van der Waals surface area contributed by atoms with E-state index in [0.717, 1.165) is 6.20 Å². The lowest BCUT2D eigenvalue weighted by molar-refractivity contribution is 0.425. The number of hydrogen-bond donors (Lipinski definition) is 2. The molecule has 0 aromatic carbocycles. The quantitative estimate of drug-likeness (QED) is 0.502. The largest absolute Gasteiger partial charge is 0.490 e. The van der Waals surface area contributed by atoms with Gasteiger partial charge in [0.1, 0.15) is 0 Å². The van der Waals surface area contributed by atoms with Gasteiger partial charge < -0.3 is 10.0 Å². The molecule has 1 heterocycles. The van der Waals surface area contributed by atoms with Crippen molar-refractivity contribution in [2.75, 3.05) is 0 Å². The van der Waals surface area contributed by atoms with Gasteiger partial charge in [-0.2, -0.15) is 4.39 Å². The molecule has 0 saturated heterocycles. The minimum absolute atomic E-state index is 0.0220. The molecule has 0 aliphatic rings. The Balaban J connectivity index is 3.11. The fraction of sp³-hybridized carbons (Fsp3) is 0.375. The van der Waals surface area contributed by atoms with Crippen molar-refractivity contribution in [1.29, 1.82) is 0 Å². The molecule has 3 nitrogen and oxygen atoms in total. The number of hydrogen-bond acceptors (Lipinski definition) is 3. The zero-order chi connectivity index (χ0) is 10.0. The SMILES string of the molecule is CC(C)c1cc(B(O)O)cnc1F. The van der Waals surface area contributed by atoms with Crippen molar-refractivity contribution in [2.24, 2.45) is 0 Å². The summed E-state index contributed by atoms with van der Waals surface area (Å²) in [7, 11) is -1.59. The number of halogens is 1. The zero-order valence-electron chi connectivity index (χ0n) is 7.53. The molecular weight excluding hydrogens is 172 g/mol. The molecule has 0 fully saturated rings. The Morgan fingerprint density at radius 3 is 2.54 bits per heavy atom. The second-order valence-electron chi connectivity index (χ2n) is 3.18. The van der Waals surface area contributed by atoms with Gasteiger partial charge in [0, 0.05) is 17.2 Å². The van der Waals surface area contributed by atoms with E-state index in [1.54, 1.807) is 0 Å². The van der Waals surface area contributed by atoms with Crippen LogP contribution in [0.15, 0.2) is 12.3 Å². The first-order valence-corrected chi connectivity index (χ1v) is 4.04. The summed E-state index contributed by atoms with van der Waals surface area (Å²) >= 11 is 0. The molecular formula is C8H11BFNO2. The van der Waals surface area contributed by atoms with Gasteiger partial charge in [-0.05, 0) is 5.92 Å². The average molecular weight is 183 g/mol. The third kappa shape index (κ3) is 2.26. The van der Waals surface area contributed by atoms with Crippen LogP contribution < -0.4 is 5.46 Å². The molecule has 0 radical (unpaired) electrons. The van der Waals surface area contributed by atoms with E-state index >= 15 is 0 Å². The average Bonchev–Trinajstić information content (AvgIpc) is 2.04. The summed E-state index contributed by atoms with van der Waals surface area (Å²) < 4.78 is 13.0. The first kappa shape index (κ1) is 10.1. The Morgan fingerprint density at radius 1 is 1.46 bits per heavy atom. The van der Waals surface area contributed by atoms with Gasteiger partial charge in [-0.3, -0.25) is 0 Å². The summed E-state index contributed by atoms with van der Waals surface area (Å²) in [5.41, 5.74) is 0.607. The maximum absolute atomic E-state index is 13.0. The maximum atomic E-state index is 13.0. The minimum atomic E-state index is -1.59. The molecule has 0 aliphatic carbocycles. The molecule has 1 aromatic rings. The first-order chi connectivity index (χ1) is 6.02. The number of pyridine rings is 1. The van der Waals surface area contributed by atoms with Crippen molar-refractivity contribution in [3.8, 4) is 0 Å². The van der Waals surface area contributed by atoms with E-state index in [-0.39, 0.29) is 11.4 Å². The standard InChI is InChI=1S/C8H11BFNO2/c1-5(2)7-3-6(9(12)13)4-11-8(7)10/h3-5,12-13H,1-2H3. The van der Waals surface area contributed by atoms with Gasteiger partial charge in [0.05, 0.1) is 0 Å². The monoisotopic (exact) mass is 183 g/mol. The lowest BCUT2D eigenvalue weighted by atomic mass is 9.80. The molecule has 0 amide bonds. The molecule has 0 spiro atoms. The van der Waals surface area contributed by atoms with Gasteiger partial charge >= 0.3 is 7.12 Å². The van der Waals surface area contributed by atoms with Gasteiger partial charge in [0.25, 0.3) is 0 Å². The van der Waals surface area contributed by atoms with Crippen LogP contribution in [0.1, 0.15) is 25.3 Å². The highest BCUT2D eigenvalue weighted by molar-refractivity contribution is 6.58. The Morgan fingerprint density at radius 2 is 2.08 bits per heavy atom. The van der Waals surface area contributed by atoms with Crippen LogP contribution in [0.5, 0.6) is 0 Å².